The van der Waals surface area contributed by atoms with Crippen molar-refractivity contribution in [2.24, 2.45) is 0 Å². The fourth-order valence-corrected chi connectivity index (χ4v) is 0.973. The maximum absolute atomic E-state index is 4.29. The lowest BCUT2D eigenvalue weighted by molar-refractivity contribution is 1.05. The van der Waals surface area contributed by atoms with Gasteiger partial charge in [-0.1, -0.05) is 0 Å². The van der Waals surface area contributed by atoms with Gasteiger partial charge in [0.05, 0.1) is 12.4 Å². The molecule has 2 rings (SSSR count). The minimum Gasteiger partial charge on any atom is -0.361 e. The monoisotopic (exact) mass is 175 g/mol. The molecule has 66 valence electrons. The summed E-state index contributed by atoms with van der Waals surface area (Å²) in [6, 6.07) is 0. The predicted molar refractivity (Wildman–Crippen MR) is 49.5 cm³/mol. The van der Waals surface area contributed by atoms with Gasteiger partial charge in [0.25, 0.3) is 0 Å². The number of hydrogen-bond donors (Lipinski definition) is 0. The van der Waals surface area contributed by atoms with E-state index in [1.54, 1.807) is 12.4 Å². The number of hydrogen-bond acceptors (Lipinski definition) is 5. The van der Waals surface area contributed by atoms with Crippen molar-refractivity contribution in [1.29, 1.82) is 0 Å². The Labute approximate surface area is 75.5 Å². The number of fused-ring (bicyclic) bond motifs is 1. The molecule has 0 atom stereocenters. The van der Waals surface area contributed by atoms with Crippen LogP contribution >= 0.6 is 0 Å². The molecule has 2 aromatic heterocycles. The van der Waals surface area contributed by atoms with E-state index in [9.17, 15) is 0 Å². The first-order valence-corrected chi connectivity index (χ1v) is 3.87. The van der Waals surface area contributed by atoms with Crippen LogP contribution in [0.2, 0.25) is 0 Å². The third kappa shape index (κ3) is 1.40. The SMILES string of the molecule is CN(C)c1cnc2cncnc2n1. The van der Waals surface area contributed by atoms with E-state index in [1.165, 1.54) is 6.33 Å². The molecule has 0 aliphatic rings. The van der Waals surface area contributed by atoms with E-state index in [1.807, 2.05) is 19.0 Å². The second-order valence-electron chi connectivity index (χ2n) is 2.85. The summed E-state index contributed by atoms with van der Waals surface area (Å²) in [4.78, 5) is 18.2. The van der Waals surface area contributed by atoms with Gasteiger partial charge in [0.1, 0.15) is 17.7 Å². The number of anilines is 1. The van der Waals surface area contributed by atoms with Crippen LogP contribution in [0, 0.1) is 0 Å². The van der Waals surface area contributed by atoms with Crippen LogP contribution in [0.15, 0.2) is 18.7 Å². The van der Waals surface area contributed by atoms with Crippen LogP contribution in [0.25, 0.3) is 11.2 Å². The van der Waals surface area contributed by atoms with Gasteiger partial charge < -0.3 is 4.90 Å². The van der Waals surface area contributed by atoms with Crippen molar-refractivity contribution in [2.75, 3.05) is 19.0 Å². The highest BCUT2D eigenvalue weighted by Crippen LogP contribution is 2.09. The Hall–Kier alpha value is -1.78. The highest BCUT2D eigenvalue weighted by atomic mass is 15.2. The molecule has 0 radical (unpaired) electrons. The molecule has 0 aliphatic carbocycles. The Kier molecular flexibility index (Phi) is 1.77. The summed E-state index contributed by atoms with van der Waals surface area (Å²) in [6.07, 6.45) is 4.82. The molecule has 0 aliphatic heterocycles. The van der Waals surface area contributed by atoms with Crippen LogP contribution in [-0.2, 0) is 0 Å². The predicted octanol–water partition coefficient (Wildman–Crippen LogP) is 0.486. The fourth-order valence-electron chi connectivity index (χ4n) is 0.973. The summed E-state index contributed by atoms with van der Waals surface area (Å²) in [6.45, 7) is 0. The zero-order valence-corrected chi connectivity index (χ0v) is 7.47. The molecule has 0 saturated heterocycles. The van der Waals surface area contributed by atoms with Crippen molar-refractivity contribution in [2.45, 2.75) is 0 Å². The van der Waals surface area contributed by atoms with Gasteiger partial charge >= 0.3 is 0 Å². The fraction of sp³-hybridized carbons (Fsp3) is 0.250. The molecule has 5 heteroatoms. The summed E-state index contributed by atoms with van der Waals surface area (Å²) in [7, 11) is 3.83. The molecule has 0 amide bonds. The van der Waals surface area contributed by atoms with Gasteiger partial charge in [-0.25, -0.2) is 19.9 Å². The Balaban J connectivity index is 2.62. The molecule has 0 bridgehead atoms. The highest BCUT2D eigenvalue weighted by molar-refractivity contribution is 5.69. The van der Waals surface area contributed by atoms with Gasteiger partial charge in [-0.2, -0.15) is 0 Å². The summed E-state index contributed by atoms with van der Waals surface area (Å²) in [5, 5.41) is 0. The zero-order valence-electron chi connectivity index (χ0n) is 7.47. The quantitative estimate of drug-likeness (QED) is 0.631. The van der Waals surface area contributed by atoms with E-state index >= 15 is 0 Å². The maximum atomic E-state index is 4.29. The van der Waals surface area contributed by atoms with Gasteiger partial charge in [-0.3, -0.25) is 0 Å². The van der Waals surface area contributed by atoms with Gasteiger partial charge in [0.2, 0.25) is 0 Å². The smallest absolute Gasteiger partial charge is 0.183 e. The number of rotatable bonds is 1. The van der Waals surface area contributed by atoms with Crippen LogP contribution in [0.5, 0.6) is 0 Å². The summed E-state index contributed by atoms with van der Waals surface area (Å²) < 4.78 is 0. The van der Waals surface area contributed by atoms with E-state index in [2.05, 4.69) is 19.9 Å². The molecular formula is C8H9N5. The summed E-state index contributed by atoms with van der Waals surface area (Å²) in [5.41, 5.74) is 1.34. The van der Waals surface area contributed by atoms with Crippen molar-refractivity contribution < 1.29 is 0 Å². The van der Waals surface area contributed by atoms with Gasteiger partial charge in [-0.15, -0.1) is 0 Å². The number of aromatic nitrogens is 4. The largest absolute Gasteiger partial charge is 0.361 e. The molecule has 0 spiro atoms. The van der Waals surface area contributed by atoms with Gasteiger partial charge in [0.15, 0.2) is 5.65 Å². The second-order valence-corrected chi connectivity index (χ2v) is 2.85. The third-order valence-corrected chi connectivity index (χ3v) is 1.67. The van der Waals surface area contributed by atoms with E-state index in [0.717, 1.165) is 5.82 Å². The lowest BCUT2D eigenvalue weighted by Crippen LogP contribution is -2.11. The first kappa shape index (κ1) is 7.85. The first-order chi connectivity index (χ1) is 6.27. The molecular weight excluding hydrogens is 166 g/mol. The molecule has 2 heterocycles. The van der Waals surface area contributed by atoms with Gasteiger partial charge in [0, 0.05) is 14.1 Å². The average molecular weight is 175 g/mol. The minimum atomic E-state index is 0.626. The van der Waals surface area contributed by atoms with Crippen molar-refractivity contribution in [3.8, 4) is 0 Å². The summed E-state index contributed by atoms with van der Waals surface area (Å²) >= 11 is 0. The van der Waals surface area contributed by atoms with Gasteiger partial charge in [-0.05, 0) is 0 Å². The normalized spacial score (nSPS) is 10.3. The standard InChI is InChI=1S/C8H9N5/c1-13(2)7-4-10-6-3-9-5-11-8(6)12-7/h3-5H,1-2H3. The zero-order chi connectivity index (χ0) is 9.26. The summed E-state index contributed by atoms with van der Waals surface area (Å²) in [5.74, 6) is 0.797. The topological polar surface area (TPSA) is 54.8 Å². The van der Waals surface area contributed by atoms with Crippen LogP contribution in [0.3, 0.4) is 0 Å². The Morgan fingerprint density at radius 2 is 2.00 bits per heavy atom. The van der Waals surface area contributed by atoms with Crippen molar-refractivity contribution in [3.05, 3.63) is 18.7 Å². The Bertz CT molecular complexity index is 426. The van der Waals surface area contributed by atoms with Crippen LogP contribution < -0.4 is 4.90 Å². The average Bonchev–Trinajstić information content (AvgIpc) is 2.17. The third-order valence-electron chi connectivity index (χ3n) is 1.67. The molecule has 0 fully saturated rings. The molecule has 13 heavy (non-hydrogen) atoms. The van der Waals surface area contributed by atoms with Crippen molar-refractivity contribution in [1.82, 2.24) is 19.9 Å². The van der Waals surface area contributed by atoms with E-state index in [-0.39, 0.29) is 0 Å². The Morgan fingerprint density at radius 1 is 1.15 bits per heavy atom. The molecule has 5 nitrogen and oxygen atoms in total. The lowest BCUT2D eigenvalue weighted by Gasteiger charge is -2.09. The molecule has 0 aromatic carbocycles. The molecule has 0 saturated carbocycles. The second kappa shape index (κ2) is 2.93. The highest BCUT2D eigenvalue weighted by Gasteiger charge is 2.00. The maximum Gasteiger partial charge on any atom is 0.183 e. The van der Waals surface area contributed by atoms with Crippen LogP contribution in [0.4, 0.5) is 5.82 Å². The van der Waals surface area contributed by atoms with Crippen molar-refractivity contribution >= 4 is 17.0 Å². The van der Waals surface area contributed by atoms with E-state index in [4.69, 9.17) is 0 Å². The molecule has 0 N–H and O–H groups in total. The van der Waals surface area contributed by atoms with Crippen molar-refractivity contribution in [3.63, 3.8) is 0 Å². The molecule has 0 unspecified atom stereocenters. The minimum absolute atomic E-state index is 0.626. The van der Waals surface area contributed by atoms with Crippen LogP contribution in [0.1, 0.15) is 0 Å². The Morgan fingerprint density at radius 3 is 2.77 bits per heavy atom. The van der Waals surface area contributed by atoms with Crippen LogP contribution in [-0.4, -0.2) is 34.0 Å². The molecule has 2 aromatic rings. The first-order valence-electron chi connectivity index (χ1n) is 3.87. The number of nitrogens with zero attached hydrogens (tertiary/aromatic N) is 5. The van der Waals surface area contributed by atoms with E-state index in [0.29, 0.717) is 11.2 Å². The lowest BCUT2D eigenvalue weighted by atomic mass is 10.5. The van der Waals surface area contributed by atoms with E-state index < -0.39 is 0 Å².